The smallest absolute Gasteiger partial charge is 0.337 e. The lowest BCUT2D eigenvalue weighted by atomic mass is 9.52. The topological polar surface area (TPSA) is 236 Å². The molecule has 2 saturated carbocycles. The van der Waals surface area contributed by atoms with Crippen molar-refractivity contribution in [3.63, 3.8) is 0 Å². The number of fused-ring (bicyclic) bond motifs is 3. The molecule has 48 heavy (non-hydrogen) atoms. The number of ether oxygens (including phenoxy) is 1. The van der Waals surface area contributed by atoms with Crippen LogP contribution in [0.3, 0.4) is 0 Å². The van der Waals surface area contributed by atoms with E-state index in [2.05, 4.69) is 10.5 Å². The molecular weight excluding hydrogens is 628 g/mol. The second-order valence-corrected chi connectivity index (χ2v) is 12.4. The summed E-state index contributed by atoms with van der Waals surface area (Å²) in [6, 6.07) is 7.19. The Labute approximate surface area is 272 Å². The Morgan fingerprint density at radius 2 is 1.81 bits per heavy atom. The fourth-order valence-corrected chi connectivity index (χ4v) is 7.49. The number of hydrogen-bond donors (Lipinski definition) is 4. The van der Waals surface area contributed by atoms with Crippen LogP contribution in [0.4, 0.5) is 5.69 Å². The Hall–Kier alpha value is -5.54. The van der Waals surface area contributed by atoms with Crippen LogP contribution in [-0.4, -0.2) is 94.0 Å². The highest BCUT2D eigenvalue weighted by Crippen LogP contribution is 2.52. The van der Waals surface area contributed by atoms with Crippen molar-refractivity contribution in [2.24, 2.45) is 29.4 Å². The van der Waals surface area contributed by atoms with Gasteiger partial charge in [-0.3, -0.25) is 33.7 Å². The Morgan fingerprint density at radius 3 is 2.44 bits per heavy atom. The standard InChI is InChI=1S/C33H30N4O11/c1-37(2)25-19-12-14-11-18-17(13-8-15(32(45)47-3)10-16(9-13)36-31(44)21-6-7-35-48-21)4-5-20(38)23(18)26(39)22(14)28(41)33(19,46)29(42)24(27(25)40)30(34)43/h4-10,14,19,22,24-25,38,46H,11-12H2,1-3H3,(H2,34,43)(H,36,44)/t14-,19-,22?,24?,25-,33-/m0/s1. The third-order valence-corrected chi connectivity index (χ3v) is 9.53. The quantitative estimate of drug-likeness (QED) is 0.210. The number of aromatic hydroxyl groups is 1. The largest absolute Gasteiger partial charge is 0.507 e. The molecule has 15 nitrogen and oxygen atoms in total. The van der Waals surface area contributed by atoms with Crippen LogP contribution in [0.2, 0.25) is 0 Å². The van der Waals surface area contributed by atoms with E-state index in [-0.39, 0.29) is 35.4 Å². The van der Waals surface area contributed by atoms with Crippen LogP contribution in [0.1, 0.15) is 43.3 Å². The van der Waals surface area contributed by atoms with E-state index in [1.54, 1.807) is 0 Å². The third kappa shape index (κ3) is 4.81. The summed E-state index contributed by atoms with van der Waals surface area (Å²) < 4.78 is 9.80. The number of carbonyl (C=O) groups is 7. The van der Waals surface area contributed by atoms with Gasteiger partial charge in [0.05, 0.1) is 36.4 Å². The van der Waals surface area contributed by atoms with E-state index in [1.807, 2.05) is 0 Å². The zero-order valence-corrected chi connectivity index (χ0v) is 25.9. The average molecular weight is 659 g/mol. The number of phenols is 1. The van der Waals surface area contributed by atoms with Gasteiger partial charge in [0.2, 0.25) is 11.7 Å². The molecule has 3 aliphatic carbocycles. The number of nitrogens with two attached hydrogens (primary N) is 1. The first-order valence-electron chi connectivity index (χ1n) is 14.9. The van der Waals surface area contributed by atoms with Crippen molar-refractivity contribution >= 4 is 46.6 Å². The van der Waals surface area contributed by atoms with E-state index >= 15 is 0 Å². The Balaban J connectivity index is 1.46. The number of aromatic nitrogens is 1. The van der Waals surface area contributed by atoms with Gasteiger partial charge in [0, 0.05) is 17.7 Å². The predicted molar refractivity (Wildman–Crippen MR) is 163 cm³/mol. The summed E-state index contributed by atoms with van der Waals surface area (Å²) in [5.74, 6) is -13.3. The summed E-state index contributed by atoms with van der Waals surface area (Å²) in [6.07, 6.45) is 1.13. The molecule has 6 atom stereocenters. The molecule has 15 heteroatoms. The van der Waals surface area contributed by atoms with Crippen LogP contribution in [0, 0.1) is 23.7 Å². The number of carbonyl (C=O) groups excluding carboxylic acids is 7. The van der Waals surface area contributed by atoms with E-state index in [4.69, 9.17) is 15.0 Å². The molecule has 6 rings (SSSR count). The lowest BCUT2D eigenvalue weighted by molar-refractivity contribution is -0.181. The van der Waals surface area contributed by atoms with E-state index in [0.717, 1.165) is 0 Å². The monoisotopic (exact) mass is 658 g/mol. The van der Waals surface area contributed by atoms with Crippen LogP contribution in [0.5, 0.6) is 5.75 Å². The number of ketones is 4. The Morgan fingerprint density at radius 1 is 1.08 bits per heavy atom. The number of Topliss-reactive ketones (excluding diaryl/α,β-unsaturated/α-hetero) is 4. The van der Waals surface area contributed by atoms with Gasteiger partial charge >= 0.3 is 5.97 Å². The Bertz CT molecular complexity index is 1930. The lowest BCUT2D eigenvalue weighted by Gasteiger charge is -2.52. The zero-order valence-electron chi connectivity index (χ0n) is 25.9. The van der Waals surface area contributed by atoms with Gasteiger partial charge in [-0.05, 0) is 73.8 Å². The molecule has 3 aliphatic rings. The first-order chi connectivity index (χ1) is 22.7. The number of aliphatic hydroxyl groups is 1. The maximum absolute atomic E-state index is 14.1. The summed E-state index contributed by atoms with van der Waals surface area (Å²) in [4.78, 5) is 94.1. The molecule has 5 N–H and O–H groups in total. The van der Waals surface area contributed by atoms with Crippen LogP contribution >= 0.6 is 0 Å². The molecule has 0 aliphatic heterocycles. The molecule has 0 spiro atoms. The number of nitrogens with one attached hydrogen (secondary N) is 1. The van der Waals surface area contributed by atoms with E-state index in [0.29, 0.717) is 16.7 Å². The first kappa shape index (κ1) is 32.4. The number of primary amides is 1. The van der Waals surface area contributed by atoms with Crippen molar-refractivity contribution in [1.29, 1.82) is 0 Å². The molecule has 2 aromatic carbocycles. The second-order valence-electron chi connectivity index (χ2n) is 12.4. The van der Waals surface area contributed by atoms with Gasteiger partial charge in [-0.1, -0.05) is 11.2 Å². The summed E-state index contributed by atoms with van der Waals surface area (Å²) in [6.45, 7) is 0. The molecule has 2 fully saturated rings. The maximum atomic E-state index is 14.1. The normalized spacial score (nSPS) is 26.4. The number of likely N-dealkylation sites (N-methyl/N-ethyl adjacent to an activating group) is 1. The van der Waals surface area contributed by atoms with Gasteiger partial charge in [-0.15, -0.1) is 0 Å². The minimum Gasteiger partial charge on any atom is -0.507 e. The van der Waals surface area contributed by atoms with E-state index < -0.39 is 82.0 Å². The molecular formula is C33H30N4O11. The van der Waals surface area contributed by atoms with Crippen LogP contribution in [0.25, 0.3) is 11.1 Å². The number of amides is 2. The van der Waals surface area contributed by atoms with Crippen molar-refractivity contribution in [2.45, 2.75) is 24.5 Å². The number of nitrogens with zero attached hydrogens (tertiary/aromatic N) is 2. The molecule has 3 aromatic rings. The molecule has 0 radical (unpaired) electrons. The number of benzene rings is 2. The molecule has 2 amide bonds. The van der Waals surface area contributed by atoms with Crippen LogP contribution in [-0.2, 0) is 30.3 Å². The minimum absolute atomic E-state index is 0.0161. The molecule has 1 aromatic heterocycles. The number of anilines is 1. The van der Waals surface area contributed by atoms with Crippen molar-refractivity contribution in [1.82, 2.24) is 10.1 Å². The first-order valence-corrected chi connectivity index (χ1v) is 14.9. The third-order valence-electron chi connectivity index (χ3n) is 9.53. The molecule has 2 unspecified atom stereocenters. The fourth-order valence-electron chi connectivity index (χ4n) is 7.49. The van der Waals surface area contributed by atoms with Crippen LogP contribution in [0.15, 0.2) is 47.1 Å². The van der Waals surface area contributed by atoms with Crippen molar-refractivity contribution in [3.05, 3.63) is 65.0 Å². The number of phenolic OH excluding ortho intramolecular Hbond substituents is 1. The maximum Gasteiger partial charge on any atom is 0.337 e. The second kappa shape index (κ2) is 11.6. The van der Waals surface area contributed by atoms with Crippen molar-refractivity contribution < 1.29 is 53.0 Å². The number of esters is 1. The average Bonchev–Trinajstić information content (AvgIpc) is 3.57. The number of hydrogen-bond acceptors (Lipinski definition) is 13. The molecule has 0 saturated heterocycles. The van der Waals surface area contributed by atoms with Crippen molar-refractivity contribution in [2.75, 3.05) is 26.5 Å². The Kier molecular flexibility index (Phi) is 7.84. The minimum atomic E-state index is -2.85. The van der Waals surface area contributed by atoms with Gasteiger partial charge in [-0.2, -0.15) is 0 Å². The summed E-state index contributed by atoms with van der Waals surface area (Å²) in [5, 5.41) is 28.8. The van der Waals surface area contributed by atoms with E-state index in [9.17, 15) is 43.8 Å². The fraction of sp³-hybridized carbons (Fsp3) is 0.333. The van der Waals surface area contributed by atoms with Gasteiger partial charge in [0.25, 0.3) is 5.91 Å². The lowest BCUT2D eigenvalue weighted by Crippen LogP contribution is -2.74. The summed E-state index contributed by atoms with van der Waals surface area (Å²) in [5.41, 5.74) is 3.51. The van der Waals surface area contributed by atoms with Gasteiger partial charge < -0.3 is 30.5 Å². The van der Waals surface area contributed by atoms with Gasteiger partial charge in [0.1, 0.15) is 5.75 Å². The summed E-state index contributed by atoms with van der Waals surface area (Å²) >= 11 is 0. The highest BCUT2D eigenvalue weighted by molar-refractivity contribution is 6.32. The van der Waals surface area contributed by atoms with E-state index in [1.165, 1.54) is 68.7 Å². The SMILES string of the molecule is COC(=O)c1cc(NC(=O)c2ccno2)cc(-c2ccc(O)c3c2C[C@H]2C[C@H]4[C@H](N(C)C)C(=O)C(C(N)=O)C(=O)[C@@]4(O)C(=O)C2C3=O)c1. The predicted octanol–water partition coefficient (Wildman–Crippen LogP) is 0.561. The summed E-state index contributed by atoms with van der Waals surface area (Å²) in [7, 11) is 4.17. The number of rotatable bonds is 6. The highest BCUT2D eigenvalue weighted by Gasteiger charge is 2.69. The zero-order chi connectivity index (χ0) is 34.8. The van der Waals surface area contributed by atoms with Crippen molar-refractivity contribution in [3.8, 4) is 16.9 Å². The van der Waals surface area contributed by atoms with Gasteiger partial charge in [-0.25, -0.2) is 4.79 Å². The molecule has 0 bridgehead atoms. The van der Waals surface area contributed by atoms with Gasteiger partial charge in [0.15, 0.2) is 34.7 Å². The van der Waals surface area contributed by atoms with Crippen LogP contribution < -0.4 is 11.1 Å². The number of methoxy groups -OCH3 is 1. The molecule has 248 valence electrons. The highest BCUT2D eigenvalue weighted by atomic mass is 16.5. The molecule has 1 heterocycles.